The van der Waals surface area contributed by atoms with Gasteiger partial charge in [0.15, 0.2) is 0 Å². The van der Waals surface area contributed by atoms with E-state index < -0.39 is 29.2 Å². The van der Waals surface area contributed by atoms with Gasteiger partial charge in [-0.1, -0.05) is 37.0 Å². The molecule has 2 aromatic carbocycles. The fourth-order valence-electron chi connectivity index (χ4n) is 3.57. The molecule has 1 saturated carbocycles. The number of carbonyl (C=O) groups is 2. The van der Waals surface area contributed by atoms with Crippen molar-refractivity contribution in [3.05, 3.63) is 59.7 Å². The summed E-state index contributed by atoms with van der Waals surface area (Å²) in [4.78, 5) is 25.6. The summed E-state index contributed by atoms with van der Waals surface area (Å²) in [5.41, 5.74) is 0.00503. The van der Waals surface area contributed by atoms with Crippen LogP contribution in [0.5, 0.6) is 0 Å². The van der Waals surface area contributed by atoms with E-state index in [9.17, 15) is 22.8 Å². The quantitative estimate of drug-likeness (QED) is 0.614. The number of carbonyl (C=O) groups excluding carboxylic acids is 2. The molecule has 0 aliphatic heterocycles. The van der Waals surface area contributed by atoms with Crippen molar-refractivity contribution in [3.8, 4) is 0 Å². The molecule has 160 valence electrons. The molecule has 0 atom stereocenters. The zero-order valence-corrected chi connectivity index (χ0v) is 16.6. The number of hydrogen-bond donors (Lipinski definition) is 3. The Hall–Kier alpha value is -3.03. The van der Waals surface area contributed by atoms with Gasteiger partial charge in [-0.05, 0) is 56.2 Å². The lowest BCUT2D eigenvalue weighted by Gasteiger charge is -2.36. The summed E-state index contributed by atoms with van der Waals surface area (Å²) < 4.78 is 38.2. The van der Waals surface area contributed by atoms with Crippen LogP contribution in [-0.2, 0) is 11.0 Å². The number of aryl methyl sites for hydroxylation is 1. The Morgan fingerprint density at radius 1 is 0.833 bits per heavy atom. The van der Waals surface area contributed by atoms with E-state index in [4.69, 9.17) is 0 Å². The standard InChI is InChI=1S/C22H24F3N3O2/c1-15-5-9-18(10-6-15)27-20(30)28-21(13-3-2-4-14-21)19(29)26-17-11-7-16(8-12-17)22(23,24)25/h5-12H,2-4,13-14H2,1H3,(H,26,29)(H2,27,28,30). The molecule has 3 N–H and O–H groups in total. The molecule has 8 heteroatoms. The molecule has 3 rings (SSSR count). The number of urea groups is 1. The first-order chi connectivity index (χ1) is 14.2. The molecule has 0 radical (unpaired) electrons. The van der Waals surface area contributed by atoms with Crippen molar-refractivity contribution in [1.82, 2.24) is 5.32 Å². The van der Waals surface area contributed by atoms with Gasteiger partial charge >= 0.3 is 12.2 Å². The molecule has 0 spiro atoms. The van der Waals surface area contributed by atoms with E-state index in [-0.39, 0.29) is 5.69 Å². The predicted octanol–water partition coefficient (Wildman–Crippen LogP) is 5.48. The van der Waals surface area contributed by atoms with Crippen LogP contribution in [0.1, 0.15) is 43.2 Å². The zero-order valence-electron chi connectivity index (χ0n) is 16.6. The smallest absolute Gasteiger partial charge is 0.324 e. The Bertz CT molecular complexity index is 887. The molecule has 1 aliphatic rings. The average molecular weight is 419 g/mol. The third kappa shape index (κ3) is 5.31. The number of anilines is 2. The van der Waals surface area contributed by atoms with Gasteiger partial charge in [0, 0.05) is 11.4 Å². The average Bonchev–Trinajstić information content (AvgIpc) is 2.70. The molecule has 0 saturated heterocycles. The van der Waals surface area contributed by atoms with Crippen molar-refractivity contribution in [3.63, 3.8) is 0 Å². The molecule has 2 aromatic rings. The van der Waals surface area contributed by atoms with E-state index in [0.29, 0.717) is 18.5 Å². The lowest BCUT2D eigenvalue weighted by atomic mass is 9.81. The monoisotopic (exact) mass is 419 g/mol. The number of alkyl halides is 3. The van der Waals surface area contributed by atoms with Crippen molar-refractivity contribution < 1.29 is 22.8 Å². The van der Waals surface area contributed by atoms with Gasteiger partial charge in [0.2, 0.25) is 5.91 Å². The fourth-order valence-corrected chi connectivity index (χ4v) is 3.57. The van der Waals surface area contributed by atoms with Gasteiger partial charge in [-0.2, -0.15) is 13.2 Å². The van der Waals surface area contributed by atoms with Crippen LogP contribution in [0.2, 0.25) is 0 Å². The van der Waals surface area contributed by atoms with Crippen molar-refractivity contribution >= 4 is 23.3 Å². The lowest BCUT2D eigenvalue weighted by Crippen LogP contribution is -2.58. The number of amides is 3. The highest BCUT2D eigenvalue weighted by molar-refractivity contribution is 6.02. The van der Waals surface area contributed by atoms with Crippen LogP contribution in [0.15, 0.2) is 48.5 Å². The van der Waals surface area contributed by atoms with Gasteiger partial charge in [0.05, 0.1) is 5.56 Å². The van der Waals surface area contributed by atoms with Crippen LogP contribution in [-0.4, -0.2) is 17.5 Å². The van der Waals surface area contributed by atoms with Crippen LogP contribution in [0.25, 0.3) is 0 Å². The minimum Gasteiger partial charge on any atom is -0.324 e. The molecular weight excluding hydrogens is 395 g/mol. The summed E-state index contributed by atoms with van der Waals surface area (Å²) in [5, 5.41) is 8.20. The van der Waals surface area contributed by atoms with Crippen molar-refractivity contribution in [2.24, 2.45) is 0 Å². The van der Waals surface area contributed by atoms with Gasteiger partial charge in [-0.3, -0.25) is 4.79 Å². The normalized spacial score (nSPS) is 15.9. The first kappa shape index (κ1) is 21.7. The highest BCUT2D eigenvalue weighted by Gasteiger charge is 2.41. The summed E-state index contributed by atoms with van der Waals surface area (Å²) in [6, 6.07) is 11.0. The maximum absolute atomic E-state index is 13.0. The topological polar surface area (TPSA) is 70.2 Å². The van der Waals surface area contributed by atoms with E-state index in [0.717, 1.165) is 37.0 Å². The van der Waals surface area contributed by atoms with Crippen LogP contribution in [0.4, 0.5) is 29.3 Å². The second kappa shape index (κ2) is 8.77. The van der Waals surface area contributed by atoms with E-state index >= 15 is 0 Å². The molecular formula is C22H24F3N3O2. The summed E-state index contributed by atoms with van der Waals surface area (Å²) in [7, 11) is 0. The van der Waals surface area contributed by atoms with E-state index in [1.165, 1.54) is 12.1 Å². The molecule has 5 nitrogen and oxygen atoms in total. The summed E-state index contributed by atoms with van der Waals surface area (Å²) >= 11 is 0. The molecule has 0 unspecified atom stereocenters. The first-order valence-electron chi connectivity index (χ1n) is 9.83. The SMILES string of the molecule is Cc1ccc(NC(=O)NC2(C(=O)Nc3ccc(C(F)(F)F)cc3)CCCCC2)cc1. The van der Waals surface area contributed by atoms with Gasteiger partial charge in [0.1, 0.15) is 5.54 Å². The van der Waals surface area contributed by atoms with E-state index in [1.807, 2.05) is 19.1 Å². The molecule has 0 bridgehead atoms. The first-order valence-corrected chi connectivity index (χ1v) is 9.83. The second-order valence-electron chi connectivity index (χ2n) is 7.62. The third-order valence-electron chi connectivity index (χ3n) is 5.27. The minimum absolute atomic E-state index is 0.249. The predicted molar refractivity (Wildman–Crippen MR) is 109 cm³/mol. The Morgan fingerprint density at radius 3 is 1.93 bits per heavy atom. The highest BCUT2D eigenvalue weighted by Crippen LogP contribution is 2.32. The minimum atomic E-state index is -4.44. The summed E-state index contributed by atoms with van der Waals surface area (Å²) in [6.45, 7) is 1.94. The van der Waals surface area contributed by atoms with E-state index in [2.05, 4.69) is 16.0 Å². The van der Waals surface area contributed by atoms with E-state index in [1.54, 1.807) is 12.1 Å². The second-order valence-corrected chi connectivity index (χ2v) is 7.62. The van der Waals surface area contributed by atoms with Gasteiger partial charge in [-0.15, -0.1) is 0 Å². The number of hydrogen-bond acceptors (Lipinski definition) is 2. The summed E-state index contributed by atoms with van der Waals surface area (Å²) in [5.74, 6) is -0.430. The van der Waals surface area contributed by atoms with Crippen molar-refractivity contribution in [2.75, 3.05) is 10.6 Å². The molecule has 30 heavy (non-hydrogen) atoms. The van der Waals surface area contributed by atoms with Crippen LogP contribution in [0.3, 0.4) is 0 Å². The fraction of sp³-hybridized carbons (Fsp3) is 0.364. The molecule has 0 heterocycles. The van der Waals surface area contributed by atoms with Crippen LogP contribution < -0.4 is 16.0 Å². The number of benzene rings is 2. The third-order valence-corrected chi connectivity index (χ3v) is 5.27. The number of halogens is 3. The summed E-state index contributed by atoms with van der Waals surface area (Å²) in [6.07, 6.45) is -1.03. The maximum atomic E-state index is 13.0. The maximum Gasteiger partial charge on any atom is 0.416 e. The highest BCUT2D eigenvalue weighted by atomic mass is 19.4. The van der Waals surface area contributed by atoms with Gasteiger partial charge < -0.3 is 16.0 Å². The Balaban J connectivity index is 1.71. The molecule has 1 aliphatic carbocycles. The van der Waals surface area contributed by atoms with Crippen molar-refractivity contribution in [1.29, 1.82) is 0 Å². The molecule has 1 fully saturated rings. The van der Waals surface area contributed by atoms with Crippen molar-refractivity contribution in [2.45, 2.75) is 50.7 Å². The Kier molecular flexibility index (Phi) is 6.34. The number of nitrogens with one attached hydrogen (secondary N) is 3. The molecule has 0 aromatic heterocycles. The van der Waals surface area contributed by atoms with Crippen LogP contribution >= 0.6 is 0 Å². The largest absolute Gasteiger partial charge is 0.416 e. The lowest BCUT2D eigenvalue weighted by molar-refractivity contribution is -0.137. The van der Waals surface area contributed by atoms with Gasteiger partial charge in [0.25, 0.3) is 0 Å². The zero-order chi connectivity index (χ0) is 21.8. The van der Waals surface area contributed by atoms with Crippen LogP contribution in [0, 0.1) is 6.92 Å². The Morgan fingerprint density at radius 2 is 1.37 bits per heavy atom. The molecule has 3 amide bonds. The number of rotatable bonds is 4. The Labute approximate surface area is 173 Å². The van der Waals surface area contributed by atoms with Gasteiger partial charge in [-0.25, -0.2) is 4.79 Å².